The van der Waals surface area contributed by atoms with E-state index in [9.17, 15) is 0 Å². The minimum Gasteiger partial charge on any atom is -0.372 e. The van der Waals surface area contributed by atoms with Gasteiger partial charge >= 0.3 is 0 Å². The van der Waals surface area contributed by atoms with Crippen molar-refractivity contribution in [3.63, 3.8) is 0 Å². The largest absolute Gasteiger partial charge is 0.372 e. The average molecular weight is 521 g/mol. The summed E-state index contributed by atoms with van der Waals surface area (Å²) in [6.07, 6.45) is 2.59. The lowest BCUT2D eigenvalue weighted by atomic mass is 10.1. The summed E-state index contributed by atoms with van der Waals surface area (Å²) in [5, 5.41) is 7.05. The van der Waals surface area contributed by atoms with Gasteiger partial charge in [0.1, 0.15) is 0 Å². The van der Waals surface area contributed by atoms with Crippen LogP contribution in [-0.2, 0) is 0 Å². The van der Waals surface area contributed by atoms with Crippen LogP contribution in [0.5, 0.6) is 0 Å². The maximum Gasteiger partial charge on any atom is 0.191 e. The monoisotopic (exact) mass is 521 g/mol. The van der Waals surface area contributed by atoms with Crippen LogP contribution in [0.25, 0.3) is 0 Å². The summed E-state index contributed by atoms with van der Waals surface area (Å²) in [5.41, 5.74) is 3.91. The molecule has 0 amide bonds. The molecule has 6 heteroatoms. The summed E-state index contributed by atoms with van der Waals surface area (Å²) in [6, 6.07) is 19.9. The van der Waals surface area contributed by atoms with Gasteiger partial charge in [0.05, 0.1) is 12.1 Å². The Morgan fingerprint density at radius 3 is 2.33 bits per heavy atom. The smallest absolute Gasteiger partial charge is 0.191 e. The number of guanidine groups is 1. The quantitative estimate of drug-likeness (QED) is 0.322. The van der Waals surface area contributed by atoms with Crippen molar-refractivity contribution in [1.29, 1.82) is 0 Å². The van der Waals surface area contributed by atoms with Crippen molar-refractivity contribution in [3.05, 3.63) is 65.7 Å². The van der Waals surface area contributed by atoms with Gasteiger partial charge in [-0.05, 0) is 57.1 Å². The fourth-order valence-corrected chi connectivity index (χ4v) is 3.92. The lowest BCUT2D eigenvalue weighted by Gasteiger charge is -2.27. The summed E-state index contributed by atoms with van der Waals surface area (Å²) >= 11 is 0. The van der Waals surface area contributed by atoms with Crippen LogP contribution in [-0.4, -0.2) is 51.6 Å². The zero-order chi connectivity index (χ0) is 20.6. The van der Waals surface area contributed by atoms with E-state index in [-0.39, 0.29) is 36.1 Å². The van der Waals surface area contributed by atoms with Crippen LogP contribution in [0.3, 0.4) is 0 Å². The van der Waals surface area contributed by atoms with E-state index in [0.717, 1.165) is 12.5 Å². The second kappa shape index (κ2) is 12.2. The summed E-state index contributed by atoms with van der Waals surface area (Å²) in [7, 11) is 6.06. The van der Waals surface area contributed by atoms with E-state index in [1.54, 1.807) is 0 Å². The summed E-state index contributed by atoms with van der Waals surface area (Å²) in [6.45, 7) is 5.31. The van der Waals surface area contributed by atoms with Crippen LogP contribution in [0.2, 0.25) is 0 Å². The standard InChI is InChI=1S/C24H35N5.HI/c1-19(21-13-10-14-22(17-21)29-15-8-9-16-29)27-24(25-2)26-18-23(28(3)4)20-11-6-5-7-12-20;/h5-7,10-14,17,19,23H,8-9,15-16,18H2,1-4H3,(H2,25,26,27);1H. The molecule has 1 aliphatic heterocycles. The molecule has 2 N–H and O–H groups in total. The highest BCUT2D eigenvalue weighted by Crippen LogP contribution is 2.24. The van der Waals surface area contributed by atoms with Crippen LogP contribution in [0.1, 0.15) is 43.0 Å². The van der Waals surface area contributed by atoms with Gasteiger partial charge in [0.25, 0.3) is 0 Å². The SMILES string of the molecule is CN=C(NCC(c1ccccc1)N(C)C)NC(C)c1cccc(N2CCCC2)c1.I. The maximum absolute atomic E-state index is 4.44. The van der Waals surface area contributed by atoms with E-state index in [2.05, 4.69) is 101 Å². The van der Waals surface area contributed by atoms with Crippen molar-refractivity contribution in [2.45, 2.75) is 31.8 Å². The third-order valence-electron chi connectivity index (χ3n) is 5.69. The second-order valence-electron chi connectivity index (χ2n) is 8.00. The number of rotatable bonds is 7. The average Bonchev–Trinajstić information content (AvgIpc) is 3.28. The number of nitrogens with zero attached hydrogens (tertiary/aromatic N) is 3. The highest BCUT2D eigenvalue weighted by atomic mass is 127. The van der Waals surface area contributed by atoms with Gasteiger partial charge < -0.3 is 20.4 Å². The van der Waals surface area contributed by atoms with Crippen LogP contribution in [0.4, 0.5) is 5.69 Å². The Balaban J connectivity index is 0.00000320. The zero-order valence-corrected chi connectivity index (χ0v) is 21.0. The van der Waals surface area contributed by atoms with Crippen molar-refractivity contribution >= 4 is 35.6 Å². The zero-order valence-electron chi connectivity index (χ0n) is 18.6. The Morgan fingerprint density at radius 1 is 1.03 bits per heavy atom. The molecule has 2 unspecified atom stereocenters. The molecular weight excluding hydrogens is 485 g/mol. The van der Waals surface area contributed by atoms with Gasteiger partial charge in [0.2, 0.25) is 0 Å². The molecule has 1 heterocycles. The van der Waals surface area contributed by atoms with Gasteiger partial charge in [-0.15, -0.1) is 24.0 Å². The Labute approximate surface area is 199 Å². The van der Waals surface area contributed by atoms with Gasteiger partial charge in [-0.2, -0.15) is 0 Å². The Morgan fingerprint density at radius 2 is 1.70 bits per heavy atom. The lowest BCUT2D eigenvalue weighted by molar-refractivity contribution is 0.298. The lowest BCUT2D eigenvalue weighted by Crippen LogP contribution is -2.42. The summed E-state index contributed by atoms with van der Waals surface area (Å²) in [4.78, 5) is 9.16. The topological polar surface area (TPSA) is 42.9 Å². The minimum absolute atomic E-state index is 0. The van der Waals surface area contributed by atoms with Gasteiger partial charge in [-0.3, -0.25) is 4.99 Å². The molecule has 5 nitrogen and oxygen atoms in total. The van der Waals surface area contributed by atoms with Crippen molar-refractivity contribution < 1.29 is 0 Å². The Bertz CT molecular complexity index is 787. The molecular formula is C24H36IN5. The number of likely N-dealkylation sites (N-methyl/N-ethyl adjacent to an activating group) is 1. The van der Waals surface area contributed by atoms with Gasteiger partial charge in [0.15, 0.2) is 5.96 Å². The second-order valence-corrected chi connectivity index (χ2v) is 8.00. The van der Waals surface area contributed by atoms with Gasteiger partial charge in [0, 0.05) is 32.4 Å². The normalized spacial score (nSPS) is 16.2. The number of hydrogen-bond donors (Lipinski definition) is 2. The predicted octanol–water partition coefficient (Wildman–Crippen LogP) is 4.43. The third kappa shape index (κ3) is 6.60. The fourth-order valence-electron chi connectivity index (χ4n) is 3.92. The van der Waals surface area contributed by atoms with E-state index in [1.807, 2.05) is 7.05 Å². The molecule has 30 heavy (non-hydrogen) atoms. The maximum atomic E-state index is 4.44. The summed E-state index contributed by atoms with van der Waals surface area (Å²) in [5.74, 6) is 0.826. The molecule has 1 fully saturated rings. The molecule has 2 aromatic carbocycles. The van der Waals surface area contributed by atoms with Crippen LogP contribution < -0.4 is 15.5 Å². The molecule has 0 aromatic heterocycles. The first kappa shape index (κ1) is 24.5. The molecule has 1 aliphatic rings. The van der Waals surface area contributed by atoms with Crippen LogP contribution in [0, 0.1) is 0 Å². The summed E-state index contributed by atoms with van der Waals surface area (Å²) < 4.78 is 0. The third-order valence-corrected chi connectivity index (χ3v) is 5.69. The van der Waals surface area contributed by atoms with E-state index >= 15 is 0 Å². The molecule has 1 saturated heterocycles. The highest BCUT2D eigenvalue weighted by molar-refractivity contribution is 14.0. The fraction of sp³-hybridized carbons (Fsp3) is 0.458. The number of nitrogens with one attached hydrogen (secondary N) is 2. The molecule has 2 aromatic rings. The Kier molecular flexibility index (Phi) is 9.91. The number of aliphatic imine (C=N–C) groups is 1. The molecule has 0 bridgehead atoms. The number of anilines is 1. The molecule has 3 rings (SSSR count). The van der Waals surface area contributed by atoms with Crippen molar-refractivity contribution in [3.8, 4) is 0 Å². The first-order chi connectivity index (χ1) is 14.1. The predicted molar refractivity (Wildman–Crippen MR) is 139 cm³/mol. The van der Waals surface area contributed by atoms with E-state index in [1.165, 1.54) is 42.7 Å². The van der Waals surface area contributed by atoms with Crippen molar-refractivity contribution in [1.82, 2.24) is 15.5 Å². The van der Waals surface area contributed by atoms with Gasteiger partial charge in [-0.1, -0.05) is 42.5 Å². The van der Waals surface area contributed by atoms with Crippen molar-refractivity contribution in [2.75, 3.05) is 45.7 Å². The highest BCUT2D eigenvalue weighted by Gasteiger charge is 2.17. The van der Waals surface area contributed by atoms with E-state index in [4.69, 9.17) is 0 Å². The molecule has 0 aliphatic carbocycles. The molecule has 0 radical (unpaired) electrons. The molecule has 164 valence electrons. The number of halogens is 1. The Hall–Kier alpha value is -1.80. The van der Waals surface area contributed by atoms with E-state index < -0.39 is 0 Å². The van der Waals surface area contributed by atoms with Gasteiger partial charge in [-0.25, -0.2) is 0 Å². The first-order valence-corrected chi connectivity index (χ1v) is 10.6. The first-order valence-electron chi connectivity index (χ1n) is 10.6. The molecule has 2 atom stereocenters. The molecule has 0 saturated carbocycles. The number of hydrogen-bond acceptors (Lipinski definition) is 3. The van der Waals surface area contributed by atoms with Crippen LogP contribution >= 0.6 is 24.0 Å². The van der Waals surface area contributed by atoms with E-state index in [0.29, 0.717) is 0 Å². The number of benzene rings is 2. The molecule has 0 spiro atoms. The van der Waals surface area contributed by atoms with Crippen molar-refractivity contribution in [2.24, 2.45) is 4.99 Å². The van der Waals surface area contributed by atoms with Crippen LogP contribution in [0.15, 0.2) is 59.6 Å². The minimum atomic E-state index is 0.